The lowest BCUT2D eigenvalue weighted by Gasteiger charge is -2.25. The van der Waals surface area contributed by atoms with Crippen molar-refractivity contribution in [1.82, 2.24) is 9.80 Å². The van der Waals surface area contributed by atoms with Crippen LogP contribution < -0.4 is 9.47 Å². The third kappa shape index (κ3) is 5.88. The van der Waals surface area contributed by atoms with Crippen LogP contribution in [0.4, 0.5) is 9.59 Å². The molecule has 0 unspecified atom stereocenters. The molecule has 0 aromatic heterocycles. The van der Waals surface area contributed by atoms with E-state index in [0.29, 0.717) is 31.9 Å². The Morgan fingerprint density at radius 1 is 0.852 bits per heavy atom. The summed E-state index contributed by atoms with van der Waals surface area (Å²) in [6, 6.07) is 3.76. The van der Waals surface area contributed by atoms with E-state index in [9.17, 15) is 9.59 Å². The van der Waals surface area contributed by atoms with Crippen molar-refractivity contribution in [3.8, 4) is 11.5 Å². The zero-order chi connectivity index (χ0) is 20.8. The van der Waals surface area contributed by atoms with E-state index in [2.05, 4.69) is 20.8 Å². The summed E-state index contributed by atoms with van der Waals surface area (Å²) in [6.07, 6.45) is -0.905. The smallest absolute Gasteiger partial charge is 0.406 e. The Hall–Kier alpha value is -2.24. The molecule has 6 heteroatoms. The Kier molecular flexibility index (Phi) is 8.13. The molecule has 0 N–H and O–H groups in total. The summed E-state index contributed by atoms with van der Waals surface area (Å²) in [7, 11) is 0. The minimum absolute atomic E-state index is 0.136. The number of carbonyl (C=O) groups excluding carboxylic acids is 2. The van der Waals surface area contributed by atoms with Gasteiger partial charge in [0.25, 0.3) is 0 Å². The third-order valence-corrected chi connectivity index (χ3v) is 4.54. The monoisotopic (exact) mass is 378 g/mol. The van der Waals surface area contributed by atoms with E-state index in [-0.39, 0.29) is 11.2 Å². The topological polar surface area (TPSA) is 59.1 Å². The van der Waals surface area contributed by atoms with E-state index < -0.39 is 12.2 Å². The fraction of sp³-hybridized carbons (Fsp3) is 0.619. The molecule has 6 nitrogen and oxygen atoms in total. The van der Waals surface area contributed by atoms with Gasteiger partial charge in [0.1, 0.15) is 0 Å². The summed E-state index contributed by atoms with van der Waals surface area (Å²) in [5.41, 5.74) is 1.62. The highest BCUT2D eigenvalue weighted by Crippen LogP contribution is 2.37. The standard InChI is InChI=1S/C21H34N2O4/c1-9-22(10-2)19(24)26-17-14-16(21(6,7)8)13-15(5)18(17)27-20(25)23(11-3)12-4/h13-14H,9-12H2,1-8H3. The number of nitrogens with zero attached hydrogens (tertiary/aromatic N) is 2. The molecule has 0 aliphatic carbocycles. The summed E-state index contributed by atoms with van der Waals surface area (Å²) >= 11 is 0. The van der Waals surface area contributed by atoms with Crippen LogP contribution in [0.2, 0.25) is 0 Å². The molecule has 2 amide bonds. The number of rotatable bonds is 6. The molecule has 27 heavy (non-hydrogen) atoms. The molecule has 0 aliphatic heterocycles. The first-order valence-corrected chi connectivity index (χ1v) is 9.67. The molecule has 0 heterocycles. The number of benzene rings is 1. The molecular formula is C21H34N2O4. The maximum absolute atomic E-state index is 12.5. The minimum Gasteiger partial charge on any atom is -0.406 e. The summed E-state index contributed by atoms with van der Waals surface area (Å²) in [5.74, 6) is 0.567. The Balaban J connectivity index is 3.35. The van der Waals surface area contributed by atoms with Crippen molar-refractivity contribution in [2.75, 3.05) is 26.2 Å². The Bertz CT molecular complexity index is 657. The molecule has 0 saturated carbocycles. The number of carbonyl (C=O) groups is 2. The molecule has 152 valence electrons. The second-order valence-electron chi connectivity index (χ2n) is 7.45. The van der Waals surface area contributed by atoms with Gasteiger partial charge < -0.3 is 19.3 Å². The van der Waals surface area contributed by atoms with Crippen LogP contribution in [0.3, 0.4) is 0 Å². The van der Waals surface area contributed by atoms with E-state index in [4.69, 9.17) is 9.47 Å². The second-order valence-corrected chi connectivity index (χ2v) is 7.45. The first-order valence-electron chi connectivity index (χ1n) is 9.67. The summed E-state index contributed by atoms with van der Waals surface area (Å²) < 4.78 is 11.3. The normalized spacial score (nSPS) is 11.1. The van der Waals surface area contributed by atoms with Gasteiger partial charge in [-0.05, 0) is 57.2 Å². The molecular weight excluding hydrogens is 344 g/mol. The van der Waals surface area contributed by atoms with E-state index >= 15 is 0 Å². The van der Waals surface area contributed by atoms with Crippen molar-refractivity contribution < 1.29 is 19.1 Å². The van der Waals surface area contributed by atoms with Gasteiger partial charge in [-0.1, -0.05) is 26.8 Å². The fourth-order valence-electron chi connectivity index (χ4n) is 2.66. The Morgan fingerprint density at radius 3 is 1.70 bits per heavy atom. The number of aryl methyl sites for hydroxylation is 1. The molecule has 0 aliphatic rings. The molecule has 0 fully saturated rings. The maximum Gasteiger partial charge on any atom is 0.415 e. The van der Waals surface area contributed by atoms with Gasteiger partial charge in [-0.15, -0.1) is 0 Å². The van der Waals surface area contributed by atoms with Crippen LogP contribution in [0.25, 0.3) is 0 Å². The number of hydrogen-bond acceptors (Lipinski definition) is 4. The summed E-state index contributed by atoms with van der Waals surface area (Å²) in [4.78, 5) is 28.1. The van der Waals surface area contributed by atoms with Gasteiger partial charge in [0.15, 0.2) is 11.5 Å². The molecule has 0 spiro atoms. The van der Waals surface area contributed by atoms with Gasteiger partial charge in [-0.3, -0.25) is 0 Å². The SMILES string of the molecule is CCN(CC)C(=O)Oc1cc(C(C)(C)C)cc(C)c1OC(=O)N(CC)CC. The van der Waals surface area contributed by atoms with Crippen LogP contribution in [0, 0.1) is 6.92 Å². The van der Waals surface area contributed by atoms with E-state index in [1.807, 2.05) is 40.7 Å². The van der Waals surface area contributed by atoms with Crippen molar-refractivity contribution in [2.45, 2.75) is 60.8 Å². The minimum atomic E-state index is -0.453. The lowest BCUT2D eigenvalue weighted by Crippen LogP contribution is -2.34. The quantitative estimate of drug-likeness (QED) is 0.701. The first kappa shape index (κ1) is 22.8. The highest BCUT2D eigenvalue weighted by molar-refractivity contribution is 5.75. The van der Waals surface area contributed by atoms with Crippen LogP contribution in [0.1, 0.15) is 59.6 Å². The summed E-state index contributed by atoms with van der Waals surface area (Å²) in [5, 5.41) is 0. The molecule has 0 bridgehead atoms. The number of hydrogen-bond donors (Lipinski definition) is 0. The Morgan fingerprint density at radius 2 is 1.30 bits per heavy atom. The predicted octanol–water partition coefficient (Wildman–Crippen LogP) is 4.97. The van der Waals surface area contributed by atoms with Gasteiger partial charge in [0.2, 0.25) is 0 Å². The van der Waals surface area contributed by atoms with Crippen LogP contribution in [-0.4, -0.2) is 48.2 Å². The van der Waals surface area contributed by atoms with Crippen molar-refractivity contribution in [1.29, 1.82) is 0 Å². The van der Waals surface area contributed by atoms with Crippen LogP contribution in [-0.2, 0) is 5.41 Å². The number of amides is 2. The second kappa shape index (κ2) is 9.62. The van der Waals surface area contributed by atoms with E-state index in [1.54, 1.807) is 15.9 Å². The average molecular weight is 379 g/mol. The highest BCUT2D eigenvalue weighted by Gasteiger charge is 2.24. The molecule has 0 radical (unpaired) electrons. The van der Waals surface area contributed by atoms with Gasteiger partial charge in [-0.2, -0.15) is 0 Å². The lowest BCUT2D eigenvalue weighted by atomic mass is 9.86. The lowest BCUT2D eigenvalue weighted by molar-refractivity contribution is 0.146. The highest BCUT2D eigenvalue weighted by atomic mass is 16.6. The molecule has 1 aromatic carbocycles. The average Bonchev–Trinajstić information content (AvgIpc) is 2.58. The van der Waals surface area contributed by atoms with E-state index in [1.165, 1.54) is 0 Å². The van der Waals surface area contributed by atoms with Gasteiger partial charge in [0.05, 0.1) is 0 Å². The molecule has 0 atom stereocenters. The van der Waals surface area contributed by atoms with Crippen LogP contribution >= 0.6 is 0 Å². The summed E-state index contributed by atoms with van der Waals surface area (Å²) in [6.45, 7) is 17.8. The fourth-order valence-corrected chi connectivity index (χ4v) is 2.66. The van der Waals surface area contributed by atoms with Gasteiger partial charge in [-0.25, -0.2) is 9.59 Å². The first-order chi connectivity index (χ1) is 12.6. The third-order valence-electron chi connectivity index (χ3n) is 4.54. The van der Waals surface area contributed by atoms with Crippen molar-refractivity contribution in [3.63, 3.8) is 0 Å². The predicted molar refractivity (Wildman–Crippen MR) is 108 cm³/mol. The molecule has 0 saturated heterocycles. The van der Waals surface area contributed by atoms with Gasteiger partial charge >= 0.3 is 12.2 Å². The largest absolute Gasteiger partial charge is 0.415 e. The number of ether oxygens (including phenoxy) is 2. The van der Waals surface area contributed by atoms with Crippen molar-refractivity contribution >= 4 is 12.2 Å². The molecule has 1 rings (SSSR count). The van der Waals surface area contributed by atoms with Crippen molar-refractivity contribution in [2.24, 2.45) is 0 Å². The van der Waals surface area contributed by atoms with E-state index in [0.717, 1.165) is 11.1 Å². The zero-order valence-electron chi connectivity index (χ0n) is 18.0. The van der Waals surface area contributed by atoms with Crippen LogP contribution in [0.15, 0.2) is 12.1 Å². The molecule has 1 aromatic rings. The van der Waals surface area contributed by atoms with Crippen molar-refractivity contribution in [3.05, 3.63) is 23.3 Å². The van der Waals surface area contributed by atoms with Crippen LogP contribution in [0.5, 0.6) is 11.5 Å². The maximum atomic E-state index is 12.5. The Labute approximate surface area is 163 Å². The van der Waals surface area contributed by atoms with Gasteiger partial charge in [0, 0.05) is 26.2 Å². The zero-order valence-corrected chi connectivity index (χ0v) is 18.0.